The second-order valence-corrected chi connectivity index (χ2v) is 12.1. The first-order chi connectivity index (χ1) is 14.7. The van der Waals surface area contributed by atoms with Crippen molar-refractivity contribution in [3.05, 3.63) is 24.3 Å². The topological polar surface area (TPSA) is 110 Å². The highest BCUT2D eigenvalue weighted by atomic mass is 32.2. The maximum absolute atomic E-state index is 12.7. The molecule has 1 unspecified atom stereocenters. The maximum Gasteiger partial charge on any atom is 0.222 e. The molecule has 2 fully saturated rings. The number of carbonyl (C=O) groups excluding carboxylic acids is 1. The minimum atomic E-state index is -3.66. The molecule has 1 aromatic carbocycles. The Hall–Kier alpha value is -1.85. The number of hydrogen-bond donors (Lipinski definition) is 0. The van der Waals surface area contributed by atoms with E-state index < -0.39 is 25.1 Å². The highest BCUT2D eigenvalue weighted by Crippen LogP contribution is 2.26. The number of hydrogen-bond acceptors (Lipinski definition) is 7. The predicted molar refractivity (Wildman–Crippen MR) is 116 cm³/mol. The predicted octanol–water partition coefficient (Wildman–Crippen LogP) is 0.905. The van der Waals surface area contributed by atoms with Crippen molar-refractivity contribution < 1.29 is 31.1 Å². The van der Waals surface area contributed by atoms with Gasteiger partial charge in [-0.3, -0.25) is 4.79 Å². The lowest BCUT2D eigenvalue weighted by atomic mass is 10.2. The summed E-state index contributed by atoms with van der Waals surface area (Å²) in [6.07, 6.45) is 0.998. The van der Waals surface area contributed by atoms with Crippen molar-refractivity contribution >= 4 is 25.8 Å². The van der Waals surface area contributed by atoms with Gasteiger partial charge in [-0.15, -0.1) is 0 Å². The molecule has 0 radical (unpaired) electrons. The number of sulfone groups is 1. The highest BCUT2D eigenvalue weighted by Gasteiger charge is 2.41. The summed E-state index contributed by atoms with van der Waals surface area (Å²) in [7, 11) is -6.93. The zero-order chi connectivity index (χ0) is 22.5. The molecule has 31 heavy (non-hydrogen) atoms. The largest absolute Gasteiger partial charge is 0.490 e. The van der Waals surface area contributed by atoms with Gasteiger partial charge in [0, 0.05) is 32.6 Å². The van der Waals surface area contributed by atoms with Crippen LogP contribution in [0.4, 0.5) is 0 Å². The summed E-state index contributed by atoms with van der Waals surface area (Å²) < 4.78 is 61.2. The summed E-state index contributed by atoms with van der Waals surface area (Å²) in [4.78, 5) is 14.1. The zero-order valence-electron chi connectivity index (χ0n) is 17.7. The molecular weight excluding hydrogens is 444 g/mol. The summed E-state index contributed by atoms with van der Waals surface area (Å²) in [6.45, 7) is 3.83. The molecular formula is C20H30N2O7S2. The van der Waals surface area contributed by atoms with Crippen LogP contribution in [0.1, 0.15) is 26.2 Å². The Balaban J connectivity index is 1.41. The lowest BCUT2D eigenvalue weighted by Gasteiger charge is -2.35. The molecule has 2 heterocycles. The third-order valence-electron chi connectivity index (χ3n) is 5.50. The van der Waals surface area contributed by atoms with Crippen LogP contribution in [0.25, 0.3) is 0 Å². The molecule has 2 aliphatic rings. The van der Waals surface area contributed by atoms with E-state index in [1.54, 1.807) is 4.90 Å². The Morgan fingerprint density at radius 1 is 1.10 bits per heavy atom. The average molecular weight is 475 g/mol. The van der Waals surface area contributed by atoms with Gasteiger partial charge in [0.15, 0.2) is 21.3 Å². The third-order valence-corrected chi connectivity index (χ3v) is 9.81. The van der Waals surface area contributed by atoms with Crippen molar-refractivity contribution in [1.82, 2.24) is 9.21 Å². The van der Waals surface area contributed by atoms with Crippen LogP contribution in [-0.4, -0.2) is 88.1 Å². The number of para-hydroxylation sites is 2. The Morgan fingerprint density at radius 3 is 2.32 bits per heavy atom. The van der Waals surface area contributed by atoms with Gasteiger partial charge in [-0.25, -0.2) is 16.8 Å². The second-order valence-electron chi connectivity index (χ2n) is 7.68. The minimum absolute atomic E-state index is 0.0396. The standard InChI is InChI=1S/C20H30N2O7S2/c1-2-28-18-6-3-4-7-19(18)29-14-5-8-20(23)21-10-12-22(13-11-21)31(26,27)17-9-15-30(24,25)16-17/h3-4,6-7,17H,2,5,8-16H2,1H3. The first-order valence-corrected chi connectivity index (χ1v) is 13.9. The molecule has 0 saturated carbocycles. The van der Waals surface area contributed by atoms with E-state index in [-0.39, 0.29) is 36.9 Å². The van der Waals surface area contributed by atoms with E-state index in [1.165, 1.54) is 4.31 Å². The number of rotatable bonds is 9. The van der Waals surface area contributed by atoms with Crippen molar-refractivity contribution in [3.8, 4) is 11.5 Å². The smallest absolute Gasteiger partial charge is 0.222 e. The SMILES string of the molecule is CCOc1ccccc1OCCCC(=O)N1CCN(S(=O)(=O)C2CCS(=O)(=O)C2)CC1. The number of ether oxygens (including phenoxy) is 2. The molecule has 1 atom stereocenters. The van der Waals surface area contributed by atoms with Crippen LogP contribution in [0.3, 0.4) is 0 Å². The van der Waals surface area contributed by atoms with Crippen LogP contribution in [-0.2, 0) is 24.7 Å². The highest BCUT2D eigenvalue weighted by molar-refractivity contribution is 7.95. The second kappa shape index (κ2) is 10.2. The number of amides is 1. The molecule has 11 heteroatoms. The third kappa shape index (κ3) is 6.11. The zero-order valence-corrected chi connectivity index (χ0v) is 19.4. The average Bonchev–Trinajstić information content (AvgIpc) is 3.13. The molecule has 2 saturated heterocycles. The van der Waals surface area contributed by atoms with Crippen LogP contribution in [0.5, 0.6) is 11.5 Å². The Labute approximate surface area is 184 Å². The monoisotopic (exact) mass is 474 g/mol. The fourth-order valence-electron chi connectivity index (χ4n) is 3.81. The van der Waals surface area contributed by atoms with Gasteiger partial charge in [0.05, 0.1) is 30.0 Å². The number of piperazine rings is 1. The van der Waals surface area contributed by atoms with Crippen molar-refractivity contribution in [2.45, 2.75) is 31.4 Å². The summed E-state index contributed by atoms with van der Waals surface area (Å²) in [5, 5.41) is -0.864. The summed E-state index contributed by atoms with van der Waals surface area (Å²) >= 11 is 0. The van der Waals surface area contributed by atoms with Gasteiger partial charge in [-0.05, 0) is 31.9 Å². The van der Waals surface area contributed by atoms with Crippen molar-refractivity contribution in [2.75, 3.05) is 50.9 Å². The van der Waals surface area contributed by atoms with Gasteiger partial charge in [-0.1, -0.05) is 12.1 Å². The number of nitrogens with zero attached hydrogens (tertiary/aromatic N) is 2. The number of benzene rings is 1. The minimum Gasteiger partial charge on any atom is -0.490 e. The Kier molecular flexibility index (Phi) is 7.82. The molecule has 1 aromatic rings. The maximum atomic E-state index is 12.7. The van der Waals surface area contributed by atoms with E-state index in [2.05, 4.69) is 0 Å². The van der Waals surface area contributed by atoms with Gasteiger partial charge >= 0.3 is 0 Å². The van der Waals surface area contributed by atoms with Crippen LogP contribution in [0.15, 0.2) is 24.3 Å². The first-order valence-electron chi connectivity index (χ1n) is 10.5. The molecule has 1 amide bonds. The molecule has 0 N–H and O–H groups in total. The lowest BCUT2D eigenvalue weighted by Crippen LogP contribution is -2.52. The molecule has 0 aliphatic carbocycles. The van der Waals surface area contributed by atoms with Crippen LogP contribution < -0.4 is 9.47 Å². The quantitative estimate of drug-likeness (QED) is 0.489. The molecule has 0 aromatic heterocycles. The molecule has 0 spiro atoms. The first kappa shape index (κ1) is 23.8. The van der Waals surface area contributed by atoms with Gasteiger partial charge in [0.25, 0.3) is 0 Å². The molecule has 2 aliphatic heterocycles. The van der Waals surface area contributed by atoms with E-state index in [1.807, 2.05) is 31.2 Å². The van der Waals surface area contributed by atoms with Crippen molar-refractivity contribution in [1.29, 1.82) is 0 Å². The van der Waals surface area contributed by atoms with E-state index in [0.717, 1.165) is 0 Å². The van der Waals surface area contributed by atoms with Gasteiger partial charge in [0.2, 0.25) is 15.9 Å². The van der Waals surface area contributed by atoms with E-state index in [4.69, 9.17) is 9.47 Å². The van der Waals surface area contributed by atoms with E-state index in [9.17, 15) is 21.6 Å². The fraction of sp³-hybridized carbons (Fsp3) is 0.650. The lowest BCUT2D eigenvalue weighted by molar-refractivity contribution is -0.132. The Morgan fingerprint density at radius 2 is 1.74 bits per heavy atom. The normalized spacial score (nSPS) is 21.7. The van der Waals surface area contributed by atoms with Gasteiger partial charge < -0.3 is 14.4 Å². The molecule has 9 nitrogen and oxygen atoms in total. The summed E-state index contributed by atoms with van der Waals surface area (Å²) in [5.74, 6) is 0.892. The number of carbonyl (C=O) groups is 1. The van der Waals surface area contributed by atoms with Crippen molar-refractivity contribution in [2.24, 2.45) is 0 Å². The summed E-state index contributed by atoms with van der Waals surface area (Å²) in [5.41, 5.74) is 0. The van der Waals surface area contributed by atoms with E-state index >= 15 is 0 Å². The number of sulfonamides is 1. The van der Waals surface area contributed by atoms with Crippen LogP contribution >= 0.6 is 0 Å². The molecule has 0 bridgehead atoms. The molecule has 3 rings (SSSR count). The van der Waals surface area contributed by atoms with Gasteiger partial charge in [0.1, 0.15) is 0 Å². The Bertz CT molecular complexity index is 971. The van der Waals surface area contributed by atoms with Crippen LogP contribution in [0, 0.1) is 0 Å². The molecule has 174 valence electrons. The summed E-state index contributed by atoms with van der Waals surface area (Å²) in [6, 6.07) is 7.38. The van der Waals surface area contributed by atoms with Crippen LogP contribution in [0.2, 0.25) is 0 Å². The van der Waals surface area contributed by atoms with Crippen molar-refractivity contribution in [3.63, 3.8) is 0 Å². The van der Waals surface area contributed by atoms with Gasteiger partial charge in [-0.2, -0.15) is 4.31 Å². The van der Waals surface area contributed by atoms with E-state index in [0.29, 0.717) is 50.6 Å². The fourth-order valence-corrected chi connectivity index (χ4v) is 8.32.